The van der Waals surface area contributed by atoms with Gasteiger partial charge < -0.3 is 10.1 Å². The summed E-state index contributed by atoms with van der Waals surface area (Å²) in [5.74, 6) is -0.612. The van der Waals surface area contributed by atoms with E-state index in [2.05, 4.69) is 10.3 Å². The number of hydrogen-bond acceptors (Lipinski definition) is 4. The summed E-state index contributed by atoms with van der Waals surface area (Å²) in [5.41, 5.74) is 3.31. The molecule has 0 saturated heterocycles. The van der Waals surface area contributed by atoms with Gasteiger partial charge in [-0.1, -0.05) is 36.4 Å². The van der Waals surface area contributed by atoms with E-state index in [0.29, 0.717) is 23.4 Å². The SMILES string of the molecule is CCOC(=O)Cc1cccc(C)c1C(=O)Nc1cccc2cccnc12. The number of aryl methyl sites for hydroxylation is 1. The van der Waals surface area contributed by atoms with Crippen LogP contribution in [0.5, 0.6) is 0 Å². The molecule has 0 saturated carbocycles. The molecule has 0 radical (unpaired) electrons. The van der Waals surface area contributed by atoms with E-state index in [-0.39, 0.29) is 18.3 Å². The number of benzene rings is 2. The summed E-state index contributed by atoms with van der Waals surface area (Å²) in [7, 11) is 0. The Kier molecular flexibility index (Phi) is 5.27. The second-order valence-electron chi connectivity index (χ2n) is 5.93. The lowest BCUT2D eigenvalue weighted by atomic mass is 9.98. The predicted molar refractivity (Wildman–Crippen MR) is 101 cm³/mol. The van der Waals surface area contributed by atoms with Crippen LogP contribution in [0, 0.1) is 6.92 Å². The van der Waals surface area contributed by atoms with Crippen molar-refractivity contribution in [2.75, 3.05) is 11.9 Å². The van der Waals surface area contributed by atoms with Gasteiger partial charge in [0.2, 0.25) is 0 Å². The lowest BCUT2D eigenvalue weighted by Gasteiger charge is -2.13. The van der Waals surface area contributed by atoms with E-state index >= 15 is 0 Å². The maximum Gasteiger partial charge on any atom is 0.310 e. The third-order valence-corrected chi connectivity index (χ3v) is 4.11. The Labute approximate surface area is 152 Å². The molecule has 1 amide bonds. The Morgan fingerprint density at radius 2 is 1.85 bits per heavy atom. The third-order valence-electron chi connectivity index (χ3n) is 4.11. The highest BCUT2D eigenvalue weighted by Crippen LogP contribution is 2.23. The van der Waals surface area contributed by atoms with Crippen molar-refractivity contribution in [3.63, 3.8) is 0 Å². The molecule has 0 aliphatic rings. The molecule has 3 aromatic rings. The van der Waals surface area contributed by atoms with E-state index in [9.17, 15) is 9.59 Å². The van der Waals surface area contributed by atoms with Crippen molar-refractivity contribution in [2.24, 2.45) is 0 Å². The maximum atomic E-state index is 12.9. The quantitative estimate of drug-likeness (QED) is 0.710. The van der Waals surface area contributed by atoms with Gasteiger partial charge in [0.1, 0.15) is 0 Å². The average Bonchev–Trinajstić information content (AvgIpc) is 2.62. The molecule has 1 heterocycles. The minimum absolute atomic E-state index is 0.0616. The molecule has 1 aromatic heterocycles. The summed E-state index contributed by atoms with van der Waals surface area (Å²) in [5, 5.41) is 3.88. The van der Waals surface area contributed by atoms with Gasteiger partial charge in [0, 0.05) is 17.1 Å². The zero-order chi connectivity index (χ0) is 18.5. The number of carbonyl (C=O) groups excluding carboxylic acids is 2. The third kappa shape index (κ3) is 3.72. The number of para-hydroxylation sites is 1. The molecule has 0 atom stereocenters. The lowest BCUT2D eigenvalue weighted by Crippen LogP contribution is -2.18. The Morgan fingerprint density at radius 1 is 1.08 bits per heavy atom. The Bertz CT molecular complexity index is 961. The summed E-state index contributed by atoms with van der Waals surface area (Å²) < 4.78 is 5.02. The minimum Gasteiger partial charge on any atom is -0.466 e. The molecule has 0 bridgehead atoms. The number of ether oxygens (including phenoxy) is 1. The first-order valence-corrected chi connectivity index (χ1v) is 8.49. The molecule has 0 unspecified atom stereocenters. The highest BCUT2D eigenvalue weighted by Gasteiger charge is 2.18. The van der Waals surface area contributed by atoms with Crippen LogP contribution in [0.2, 0.25) is 0 Å². The number of pyridine rings is 1. The van der Waals surface area contributed by atoms with E-state index in [1.165, 1.54) is 0 Å². The first-order chi connectivity index (χ1) is 12.6. The number of esters is 1. The Balaban J connectivity index is 1.93. The van der Waals surface area contributed by atoms with Crippen LogP contribution in [0.1, 0.15) is 28.4 Å². The van der Waals surface area contributed by atoms with Crippen LogP contribution in [0.25, 0.3) is 10.9 Å². The molecule has 3 rings (SSSR count). The molecular formula is C21H20N2O3. The molecule has 0 fully saturated rings. The Hall–Kier alpha value is -3.21. The van der Waals surface area contributed by atoms with Gasteiger partial charge in [-0.05, 0) is 37.1 Å². The fraction of sp³-hybridized carbons (Fsp3) is 0.190. The summed E-state index contributed by atoms with van der Waals surface area (Å²) in [4.78, 5) is 29.2. The van der Waals surface area contributed by atoms with Crippen molar-refractivity contribution >= 4 is 28.5 Å². The lowest BCUT2D eigenvalue weighted by molar-refractivity contribution is -0.142. The van der Waals surface area contributed by atoms with Crippen molar-refractivity contribution in [2.45, 2.75) is 20.3 Å². The van der Waals surface area contributed by atoms with Gasteiger partial charge >= 0.3 is 5.97 Å². The van der Waals surface area contributed by atoms with Crippen LogP contribution in [-0.4, -0.2) is 23.5 Å². The van der Waals surface area contributed by atoms with Crippen LogP contribution in [0.3, 0.4) is 0 Å². The number of carbonyl (C=O) groups is 2. The van der Waals surface area contributed by atoms with E-state index in [1.807, 2.05) is 49.4 Å². The van der Waals surface area contributed by atoms with Crippen LogP contribution >= 0.6 is 0 Å². The van der Waals surface area contributed by atoms with Crippen LogP contribution in [0.15, 0.2) is 54.7 Å². The number of aromatic nitrogens is 1. The second kappa shape index (κ2) is 7.78. The molecule has 5 nitrogen and oxygen atoms in total. The van der Waals surface area contributed by atoms with Crippen LogP contribution < -0.4 is 5.32 Å². The summed E-state index contributed by atoms with van der Waals surface area (Å²) in [6.07, 6.45) is 1.75. The number of anilines is 1. The van der Waals surface area contributed by atoms with Gasteiger partial charge in [0.05, 0.1) is 24.2 Å². The van der Waals surface area contributed by atoms with Crippen molar-refractivity contribution in [1.29, 1.82) is 0 Å². The topological polar surface area (TPSA) is 68.3 Å². The van der Waals surface area contributed by atoms with E-state index in [4.69, 9.17) is 4.74 Å². The van der Waals surface area contributed by atoms with Crippen molar-refractivity contribution in [1.82, 2.24) is 4.98 Å². The minimum atomic E-state index is -0.348. The average molecular weight is 348 g/mol. The van der Waals surface area contributed by atoms with Crippen molar-refractivity contribution in [3.05, 3.63) is 71.4 Å². The van der Waals surface area contributed by atoms with Crippen LogP contribution in [0.4, 0.5) is 5.69 Å². The predicted octanol–water partition coefficient (Wildman–Crippen LogP) is 3.90. The number of amides is 1. The van der Waals surface area contributed by atoms with Gasteiger partial charge in [0.15, 0.2) is 0 Å². The number of nitrogens with zero attached hydrogens (tertiary/aromatic N) is 1. The molecular weight excluding hydrogens is 328 g/mol. The van der Waals surface area contributed by atoms with Gasteiger partial charge in [-0.2, -0.15) is 0 Å². The standard InChI is InChI=1S/C21H20N2O3/c1-3-26-18(24)13-16-9-4-7-14(2)19(16)21(25)23-17-11-5-8-15-10-6-12-22-20(15)17/h4-12H,3,13H2,1-2H3,(H,23,25). The van der Waals surface area contributed by atoms with Crippen molar-refractivity contribution < 1.29 is 14.3 Å². The van der Waals surface area contributed by atoms with Gasteiger partial charge in [0.25, 0.3) is 5.91 Å². The van der Waals surface area contributed by atoms with Crippen LogP contribution in [-0.2, 0) is 16.0 Å². The number of nitrogens with one attached hydrogen (secondary N) is 1. The molecule has 0 aliphatic carbocycles. The van der Waals surface area contributed by atoms with Gasteiger partial charge in [-0.25, -0.2) is 0 Å². The first kappa shape index (κ1) is 17.6. The van der Waals surface area contributed by atoms with Gasteiger partial charge in [-0.3, -0.25) is 14.6 Å². The fourth-order valence-electron chi connectivity index (χ4n) is 2.96. The molecule has 26 heavy (non-hydrogen) atoms. The maximum absolute atomic E-state index is 12.9. The molecule has 0 aliphatic heterocycles. The summed E-state index contributed by atoms with van der Waals surface area (Å²) in [6.45, 7) is 3.92. The number of hydrogen-bond donors (Lipinski definition) is 1. The fourth-order valence-corrected chi connectivity index (χ4v) is 2.96. The first-order valence-electron chi connectivity index (χ1n) is 8.49. The Morgan fingerprint density at radius 3 is 2.65 bits per heavy atom. The number of rotatable bonds is 5. The van der Waals surface area contributed by atoms with E-state index < -0.39 is 0 Å². The highest BCUT2D eigenvalue weighted by molar-refractivity contribution is 6.10. The second-order valence-corrected chi connectivity index (χ2v) is 5.93. The number of fused-ring (bicyclic) bond motifs is 1. The smallest absolute Gasteiger partial charge is 0.310 e. The van der Waals surface area contributed by atoms with E-state index in [1.54, 1.807) is 19.2 Å². The largest absolute Gasteiger partial charge is 0.466 e. The highest BCUT2D eigenvalue weighted by atomic mass is 16.5. The molecule has 0 spiro atoms. The zero-order valence-corrected chi connectivity index (χ0v) is 14.8. The molecule has 2 aromatic carbocycles. The summed E-state index contributed by atoms with van der Waals surface area (Å²) >= 11 is 0. The normalized spacial score (nSPS) is 10.5. The summed E-state index contributed by atoms with van der Waals surface area (Å²) in [6, 6.07) is 14.9. The monoisotopic (exact) mass is 348 g/mol. The molecule has 1 N–H and O–H groups in total. The molecule has 5 heteroatoms. The van der Waals surface area contributed by atoms with Gasteiger partial charge in [-0.15, -0.1) is 0 Å². The van der Waals surface area contributed by atoms with E-state index in [0.717, 1.165) is 16.5 Å². The molecule has 132 valence electrons. The van der Waals surface area contributed by atoms with Crippen molar-refractivity contribution in [3.8, 4) is 0 Å². The zero-order valence-electron chi connectivity index (χ0n) is 14.8.